The van der Waals surface area contributed by atoms with Crippen molar-refractivity contribution in [3.8, 4) is 5.75 Å². The first-order valence-electron chi connectivity index (χ1n) is 5.73. The molecule has 86 valence electrons. The Balaban J connectivity index is 2.06. The van der Waals surface area contributed by atoms with Crippen molar-refractivity contribution < 1.29 is 4.74 Å². The second-order valence-electron chi connectivity index (χ2n) is 4.13. The fourth-order valence-electron chi connectivity index (χ4n) is 2.31. The second-order valence-corrected chi connectivity index (χ2v) is 4.13. The van der Waals surface area contributed by atoms with Gasteiger partial charge in [-0.15, -0.1) is 0 Å². The van der Waals surface area contributed by atoms with Crippen LogP contribution in [0.1, 0.15) is 17.5 Å². The molecular weight excluding hydrogens is 212 g/mol. The lowest BCUT2D eigenvalue weighted by Gasteiger charge is -2.19. The van der Waals surface area contributed by atoms with Crippen molar-refractivity contribution in [1.29, 1.82) is 0 Å². The number of hydrogen-bond donors (Lipinski definition) is 0. The van der Waals surface area contributed by atoms with Gasteiger partial charge < -0.3 is 9.30 Å². The molecule has 1 heterocycles. The van der Waals surface area contributed by atoms with Crippen molar-refractivity contribution in [2.24, 2.45) is 0 Å². The molecule has 0 saturated heterocycles. The Morgan fingerprint density at radius 1 is 1.29 bits per heavy atom. The Hall–Kier alpha value is -2.03. The summed E-state index contributed by atoms with van der Waals surface area (Å²) in [6.07, 6.45) is 9.88. The van der Waals surface area contributed by atoms with E-state index in [1.165, 1.54) is 16.8 Å². The summed E-state index contributed by atoms with van der Waals surface area (Å²) in [6, 6.07) is 6.19. The summed E-state index contributed by atoms with van der Waals surface area (Å²) in [5.41, 5.74) is 3.83. The van der Waals surface area contributed by atoms with Gasteiger partial charge in [-0.25, -0.2) is 4.98 Å². The minimum Gasteiger partial charge on any atom is -0.496 e. The van der Waals surface area contributed by atoms with Gasteiger partial charge >= 0.3 is 0 Å². The maximum atomic E-state index is 5.39. The van der Waals surface area contributed by atoms with Gasteiger partial charge in [-0.1, -0.05) is 12.1 Å². The van der Waals surface area contributed by atoms with Gasteiger partial charge in [0, 0.05) is 23.7 Å². The topological polar surface area (TPSA) is 27.1 Å². The minimum absolute atomic E-state index is 0.989. The number of benzene rings is 1. The van der Waals surface area contributed by atoms with E-state index in [1.54, 1.807) is 7.11 Å². The van der Waals surface area contributed by atoms with Crippen molar-refractivity contribution >= 4 is 11.8 Å². The Bertz CT molecular complexity index is 556. The SMILES string of the molecule is COc1cccc2c1CCC(n1ccnc1)=C2. The van der Waals surface area contributed by atoms with Crippen molar-refractivity contribution in [3.05, 3.63) is 48.0 Å². The molecule has 1 aliphatic rings. The third kappa shape index (κ3) is 1.73. The number of ether oxygens (including phenoxy) is 1. The minimum atomic E-state index is 0.989. The van der Waals surface area contributed by atoms with Gasteiger partial charge in [0.15, 0.2) is 0 Å². The third-order valence-corrected chi connectivity index (χ3v) is 3.18. The molecule has 0 aliphatic heterocycles. The Morgan fingerprint density at radius 2 is 2.24 bits per heavy atom. The first-order chi connectivity index (χ1) is 8.38. The van der Waals surface area contributed by atoms with Crippen LogP contribution in [-0.4, -0.2) is 16.7 Å². The number of imidazole rings is 1. The molecule has 1 aliphatic carbocycles. The van der Waals surface area contributed by atoms with Crippen molar-refractivity contribution in [2.75, 3.05) is 7.11 Å². The van der Waals surface area contributed by atoms with E-state index in [9.17, 15) is 0 Å². The lowest BCUT2D eigenvalue weighted by molar-refractivity contribution is 0.409. The molecule has 17 heavy (non-hydrogen) atoms. The van der Waals surface area contributed by atoms with Gasteiger partial charge in [-0.3, -0.25) is 0 Å². The van der Waals surface area contributed by atoms with Crippen LogP contribution >= 0.6 is 0 Å². The van der Waals surface area contributed by atoms with E-state index in [1.807, 2.05) is 30.9 Å². The van der Waals surface area contributed by atoms with Crippen molar-refractivity contribution in [1.82, 2.24) is 9.55 Å². The lowest BCUT2D eigenvalue weighted by Crippen LogP contribution is -2.04. The average Bonchev–Trinajstić information content (AvgIpc) is 2.91. The van der Waals surface area contributed by atoms with Crippen LogP contribution < -0.4 is 4.74 Å². The Labute approximate surface area is 100 Å². The van der Waals surface area contributed by atoms with Crippen LogP contribution in [0.15, 0.2) is 36.9 Å². The highest BCUT2D eigenvalue weighted by molar-refractivity contribution is 5.76. The van der Waals surface area contributed by atoms with Gasteiger partial charge in [-0.05, 0) is 30.5 Å². The van der Waals surface area contributed by atoms with E-state index in [-0.39, 0.29) is 0 Å². The first kappa shape index (κ1) is 10.1. The summed E-state index contributed by atoms with van der Waals surface area (Å²) in [5, 5.41) is 0. The monoisotopic (exact) mass is 226 g/mol. The van der Waals surface area contributed by atoms with Crippen LogP contribution in [0.3, 0.4) is 0 Å². The number of fused-ring (bicyclic) bond motifs is 1. The normalized spacial score (nSPS) is 14.1. The summed E-state index contributed by atoms with van der Waals surface area (Å²) in [7, 11) is 1.73. The largest absolute Gasteiger partial charge is 0.496 e. The zero-order valence-corrected chi connectivity index (χ0v) is 9.76. The van der Waals surface area contributed by atoms with Crippen molar-refractivity contribution in [2.45, 2.75) is 12.8 Å². The third-order valence-electron chi connectivity index (χ3n) is 3.18. The molecule has 3 nitrogen and oxygen atoms in total. The highest BCUT2D eigenvalue weighted by atomic mass is 16.5. The molecule has 2 aromatic rings. The molecule has 0 spiro atoms. The smallest absolute Gasteiger partial charge is 0.122 e. The molecule has 1 aromatic carbocycles. The summed E-state index contributed by atoms with van der Waals surface area (Å²) < 4.78 is 7.46. The van der Waals surface area contributed by atoms with Crippen LogP contribution in [0.2, 0.25) is 0 Å². The van der Waals surface area contributed by atoms with Gasteiger partial charge in [0.1, 0.15) is 5.75 Å². The number of nitrogens with zero attached hydrogens (tertiary/aromatic N) is 2. The number of methoxy groups -OCH3 is 1. The molecule has 3 rings (SSSR count). The zero-order chi connectivity index (χ0) is 11.7. The number of aromatic nitrogens is 2. The van der Waals surface area contributed by atoms with Crippen LogP contribution in [0.25, 0.3) is 11.8 Å². The first-order valence-corrected chi connectivity index (χ1v) is 5.73. The summed E-state index contributed by atoms with van der Waals surface area (Å²) in [5.74, 6) is 0.989. The Kier molecular flexibility index (Phi) is 2.44. The van der Waals surface area contributed by atoms with E-state index in [0.717, 1.165) is 18.6 Å². The highest BCUT2D eigenvalue weighted by Gasteiger charge is 2.14. The maximum Gasteiger partial charge on any atom is 0.122 e. The molecule has 1 aromatic heterocycles. The average molecular weight is 226 g/mol. The number of hydrogen-bond acceptors (Lipinski definition) is 2. The molecule has 0 unspecified atom stereocenters. The van der Waals surface area contributed by atoms with Gasteiger partial charge in [0.05, 0.1) is 13.4 Å². The molecule has 0 radical (unpaired) electrons. The second kappa shape index (κ2) is 4.09. The molecular formula is C14H14N2O. The van der Waals surface area contributed by atoms with Crippen LogP contribution in [0.4, 0.5) is 0 Å². The van der Waals surface area contributed by atoms with Crippen LogP contribution in [0.5, 0.6) is 5.75 Å². The molecule has 0 amide bonds. The molecule has 3 heteroatoms. The van der Waals surface area contributed by atoms with E-state index in [4.69, 9.17) is 4.74 Å². The fourth-order valence-corrected chi connectivity index (χ4v) is 2.31. The lowest BCUT2D eigenvalue weighted by atomic mass is 9.94. The molecule has 0 N–H and O–H groups in total. The van der Waals surface area contributed by atoms with E-state index < -0.39 is 0 Å². The highest BCUT2D eigenvalue weighted by Crippen LogP contribution is 2.32. The predicted molar refractivity (Wildman–Crippen MR) is 67.7 cm³/mol. The Morgan fingerprint density at radius 3 is 3.00 bits per heavy atom. The quantitative estimate of drug-likeness (QED) is 0.787. The van der Waals surface area contributed by atoms with Gasteiger partial charge in [0.25, 0.3) is 0 Å². The van der Waals surface area contributed by atoms with Crippen LogP contribution in [-0.2, 0) is 6.42 Å². The fraction of sp³-hybridized carbons (Fsp3) is 0.214. The molecule has 0 fully saturated rings. The standard InChI is InChI=1S/C14H14N2O/c1-17-14-4-2-3-11-9-12(5-6-13(11)14)16-8-7-15-10-16/h2-4,7-10H,5-6H2,1H3. The number of allylic oxidation sites excluding steroid dienone is 1. The predicted octanol–water partition coefficient (Wildman–Crippen LogP) is 2.84. The maximum absolute atomic E-state index is 5.39. The van der Waals surface area contributed by atoms with Gasteiger partial charge in [-0.2, -0.15) is 0 Å². The summed E-state index contributed by atoms with van der Waals surface area (Å²) >= 11 is 0. The van der Waals surface area contributed by atoms with E-state index in [2.05, 4.69) is 21.7 Å². The summed E-state index contributed by atoms with van der Waals surface area (Å²) in [4.78, 5) is 4.08. The zero-order valence-electron chi connectivity index (χ0n) is 9.76. The van der Waals surface area contributed by atoms with Crippen molar-refractivity contribution in [3.63, 3.8) is 0 Å². The van der Waals surface area contributed by atoms with E-state index in [0.29, 0.717) is 0 Å². The van der Waals surface area contributed by atoms with Gasteiger partial charge in [0.2, 0.25) is 0 Å². The van der Waals surface area contributed by atoms with Crippen LogP contribution in [0, 0.1) is 0 Å². The molecule has 0 saturated carbocycles. The number of rotatable bonds is 2. The summed E-state index contributed by atoms with van der Waals surface area (Å²) in [6.45, 7) is 0. The van der Waals surface area contributed by atoms with E-state index >= 15 is 0 Å². The molecule has 0 atom stereocenters. The molecule has 0 bridgehead atoms.